The standard InChI is InChI=1S/C23H25FN4O/c1-23(2,3)17-6-10-19(11-7-17)27-21(29)20-13-15-26-22(28-20)25-14-12-16-4-8-18(24)9-5-16/h4-11,13,15H,12,14H2,1-3H3,(H,27,29)(H,25,26,28). The number of aromatic nitrogens is 2. The fraction of sp³-hybridized carbons (Fsp3) is 0.261. The summed E-state index contributed by atoms with van der Waals surface area (Å²) in [6.45, 7) is 7.01. The van der Waals surface area contributed by atoms with Gasteiger partial charge in [-0.2, -0.15) is 0 Å². The number of hydrogen-bond acceptors (Lipinski definition) is 4. The highest BCUT2D eigenvalue weighted by atomic mass is 19.1. The largest absolute Gasteiger partial charge is 0.354 e. The highest BCUT2D eigenvalue weighted by molar-refractivity contribution is 6.02. The first-order chi connectivity index (χ1) is 13.8. The Morgan fingerprint density at radius 1 is 1.00 bits per heavy atom. The van der Waals surface area contributed by atoms with Crippen molar-refractivity contribution in [3.05, 3.63) is 83.4 Å². The molecule has 1 aromatic heterocycles. The van der Waals surface area contributed by atoms with Gasteiger partial charge in [-0.15, -0.1) is 0 Å². The minimum atomic E-state index is -0.294. The number of carbonyl (C=O) groups is 1. The van der Waals surface area contributed by atoms with Crippen molar-refractivity contribution in [1.29, 1.82) is 0 Å². The molecule has 0 unspecified atom stereocenters. The van der Waals surface area contributed by atoms with Gasteiger partial charge in [0.05, 0.1) is 0 Å². The molecule has 1 heterocycles. The lowest BCUT2D eigenvalue weighted by molar-refractivity contribution is 0.102. The zero-order valence-electron chi connectivity index (χ0n) is 16.9. The Kier molecular flexibility index (Phi) is 6.22. The maximum absolute atomic E-state index is 12.9. The molecule has 0 aliphatic rings. The quantitative estimate of drug-likeness (QED) is 0.631. The van der Waals surface area contributed by atoms with Crippen molar-refractivity contribution in [3.63, 3.8) is 0 Å². The van der Waals surface area contributed by atoms with Crippen LogP contribution in [0.2, 0.25) is 0 Å². The molecule has 0 saturated carbocycles. The predicted molar refractivity (Wildman–Crippen MR) is 114 cm³/mol. The van der Waals surface area contributed by atoms with E-state index in [-0.39, 0.29) is 22.8 Å². The molecule has 0 bridgehead atoms. The monoisotopic (exact) mass is 392 g/mol. The van der Waals surface area contributed by atoms with Gasteiger partial charge >= 0.3 is 0 Å². The Labute approximate surface area is 170 Å². The van der Waals surface area contributed by atoms with E-state index < -0.39 is 0 Å². The van der Waals surface area contributed by atoms with Gasteiger partial charge in [-0.1, -0.05) is 45.0 Å². The van der Waals surface area contributed by atoms with Crippen LogP contribution in [0.4, 0.5) is 16.0 Å². The van der Waals surface area contributed by atoms with Gasteiger partial charge in [0.15, 0.2) is 0 Å². The number of carbonyl (C=O) groups excluding carboxylic acids is 1. The third kappa shape index (κ3) is 5.85. The number of nitrogens with zero attached hydrogens (tertiary/aromatic N) is 2. The maximum atomic E-state index is 12.9. The van der Waals surface area contributed by atoms with E-state index >= 15 is 0 Å². The molecule has 0 aliphatic heterocycles. The molecule has 2 N–H and O–H groups in total. The summed E-state index contributed by atoms with van der Waals surface area (Å²) in [5.74, 6) is -0.169. The van der Waals surface area contributed by atoms with Crippen LogP contribution < -0.4 is 10.6 Å². The molecule has 5 nitrogen and oxygen atoms in total. The van der Waals surface area contributed by atoms with Crippen molar-refractivity contribution in [1.82, 2.24) is 9.97 Å². The third-order valence-corrected chi connectivity index (χ3v) is 4.51. The van der Waals surface area contributed by atoms with E-state index in [1.807, 2.05) is 24.3 Å². The van der Waals surface area contributed by atoms with Gasteiger partial charge in [0, 0.05) is 18.4 Å². The van der Waals surface area contributed by atoms with Crippen molar-refractivity contribution < 1.29 is 9.18 Å². The fourth-order valence-electron chi connectivity index (χ4n) is 2.79. The van der Waals surface area contributed by atoms with E-state index in [0.29, 0.717) is 24.6 Å². The van der Waals surface area contributed by atoms with Crippen LogP contribution in [-0.2, 0) is 11.8 Å². The summed E-state index contributed by atoms with van der Waals surface area (Å²) in [7, 11) is 0. The summed E-state index contributed by atoms with van der Waals surface area (Å²) >= 11 is 0. The lowest BCUT2D eigenvalue weighted by atomic mass is 9.87. The Hall–Kier alpha value is -3.28. The van der Waals surface area contributed by atoms with Gasteiger partial charge < -0.3 is 10.6 Å². The molecular formula is C23H25FN4O. The van der Waals surface area contributed by atoms with Crippen LogP contribution in [0.25, 0.3) is 0 Å². The van der Waals surface area contributed by atoms with Crippen molar-refractivity contribution in [2.45, 2.75) is 32.6 Å². The van der Waals surface area contributed by atoms with E-state index in [1.54, 1.807) is 24.4 Å². The number of rotatable bonds is 6. The molecule has 0 spiro atoms. The number of hydrogen-bond donors (Lipinski definition) is 2. The molecular weight excluding hydrogens is 367 g/mol. The van der Waals surface area contributed by atoms with Gasteiger partial charge in [0.2, 0.25) is 5.95 Å². The van der Waals surface area contributed by atoms with Gasteiger partial charge in [-0.05, 0) is 53.3 Å². The lowest BCUT2D eigenvalue weighted by Crippen LogP contribution is -2.16. The second-order valence-electron chi connectivity index (χ2n) is 7.85. The molecule has 3 rings (SSSR count). The van der Waals surface area contributed by atoms with Crippen LogP contribution in [-0.4, -0.2) is 22.4 Å². The highest BCUT2D eigenvalue weighted by Gasteiger charge is 2.14. The topological polar surface area (TPSA) is 66.9 Å². The summed E-state index contributed by atoms with van der Waals surface area (Å²) in [4.78, 5) is 20.9. The minimum Gasteiger partial charge on any atom is -0.354 e. The van der Waals surface area contributed by atoms with Gasteiger partial charge in [-0.3, -0.25) is 4.79 Å². The first-order valence-corrected chi connectivity index (χ1v) is 9.54. The number of anilines is 2. The molecule has 0 saturated heterocycles. The van der Waals surface area contributed by atoms with Crippen molar-refractivity contribution >= 4 is 17.5 Å². The normalized spacial score (nSPS) is 11.2. The highest BCUT2D eigenvalue weighted by Crippen LogP contribution is 2.23. The Morgan fingerprint density at radius 3 is 2.34 bits per heavy atom. The molecule has 3 aromatic rings. The zero-order chi connectivity index (χ0) is 20.9. The smallest absolute Gasteiger partial charge is 0.274 e. The maximum Gasteiger partial charge on any atom is 0.274 e. The van der Waals surface area contributed by atoms with E-state index in [1.165, 1.54) is 17.7 Å². The number of nitrogens with one attached hydrogen (secondary N) is 2. The van der Waals surface area contributed by atoms with Crippen LogP contribution in [0, 0.1) is 5.82 Å². The van der Waals surface area contributed by atoms with Crippen LogP contribution in [0.5, 0.6) is 0 Å². The molecule has 0 atom stereocenters. The summed E-state index contributed by atoms with van der Waals surface area (Å²) in [6.07, 6.45) is 2.24. The van der Waals surface area contributed by atoms with Gasteiger partial charge in [0.1, 0.15) is 11.5 Å². The zero-order valence-corrected chi connectivity index (χ0v) is 16.9. The van der Waals surface area contributed by atoms with E-state index in [0.717, 1.165) is 5.56 Å². The Balaban J connectivity index is 1.58. The Bertz CT molecular complexity index is 963. The molecule has 2 aromatic carbocycles. The first-order valence-electron chi connectivity index (χ1n) is 9.54. The van der Waals surface area contributed by atoms with Crippen LogP contribution in [0.3, 0.4) is 0 Å². The molecule has 6 heteroatoms. The SMILES string of the molecule is CC(C)(C)c1ccc(NC(=O)c2ccnc(NCCc3ccc(F)cc3)n2)cc1. The number of amides is 1. The Morgan fingerprint density at radius 2 is 1.69 bits per heavy atom. The number of halogens is 1. The average Bonchev–Trinajstić information content (AvgIpc) is 2.69. The van der Waals surface area contributed by atoms with Crippen molar-refractivity contribution in [3.8, 4) is 0 Å². The van der Waals surface area contributed by atoms with E-state index in [2.05, 4.69) is 41.4 Å². The summed E-state index contributed by atoms with van der Waals surface area (Å²) in [5.41, 5.74) is 3.26. The first kappa shape index (κ1) is 20.5. The molecule has 1 amide bonds. The fourth-order valence-corrected chi connectivity index (χ4v) is 2.79. The molecule has 0 fully saturated rings. The molecule has 150 valence electrons. The molecule has 0 radical (unpaired) electrons. The predicted octanol–water partition coefficient (Wildman–Crippen LogP) is 4.82. The second-order valence-corrected chi connectivity index (χ2v) is 7.85. The molecule has 0 aliphatic carbocycles. The van der Waals surface area contributed by atoms with Gasteiger partial charge in [-0.25, -0.2) is 14.4 Å². The lowest BCUT2D eigenvalue weighted by Gasteiger charge is -2.19. The second kappa shape index (κ2) is 8.82. The van der Waals surface area contributed by atoms with E-state index in [9.17, 15) is 9.18 Å². The third-order valence-electron chi connectivity index (χ3n) is 4.51. The van der Waals surface area contributed by atoms with Crippen molar-refractivity contribution in [2.75, 3.05) is 17.2 Å². The van der Waals surface area contributed by atoms with Crippen LogP contribution in [0.15, 0.2) is 60.8 Å². The minimum absolute atomic E-state index is 0.0592. The van der Waals surface area contributed by atoms with Gasteiger partial charge in [0.25, 0.3) is 5.91 Å². The summed E-state index contributed by atoms with van der Waals surface area (Å²) in [6, 6.07) is 15.7. The summed E-state index contributed by atoms with van der Waals surface area (Å²) in [5, 5.41) is 5.95. The molecule has 29 heavy (non-hydrogen) atoms. The summed E-state index contributed by atoms with van der Waals surface area (Å²) < 4.78 is 12.9. The van der Waals surface area contributed by atoms with Crippen molar-refractivity contribution in [2.24, 2.45) is 0 Å². The number of benzene rings is 2. The van der Waals surface area contributed by atoms with E-state index in [4.69, 9.17) is 0 Å². The van der Waals surface area contributed by atoms with Crippen LogP contribution in [0.1, 0.15) is 42.4 Å². The van der Waals surface area contributed by atoms with Crippen LogP contribution >= 0.6 is 0 Å². The average molecular weight is 392 g/mol.